The Morgan fingerprint density at radius 2 is 1.88 bits per heavy atom. The Kier molecular flexibility index (Phi) is 3.88. The van der Waals surface area contributed by atoms with E-state index < -0.39 is 23.7 Å². The summed E-state index contributed by atoms with van der Waals surface area (Å²) in [6, 6.07) is 1.98. The quantitative estimate of drug-likeness (QED) is 0.792. The molecular weight excluding hydrogens is 226 g/mol. The van der Waals surface area contributed by atoms with E-state index in [1.807, 2.05) is 0 Å². The van der Waals surface area contributed by atoms with Crippen LogP contribution in [0.4, 0.5) is 17.6 Å². The maximum Gasteiger partial charge on any atom is 0.416 e. The average molecular weight is 237 g/mol. The van der Waals surface area contributed by atoms with Crippen molar-refractivity contribution >= 4 is 0 Å². The molecule has 0 aromatic heterocycles. The van der Waals surface area contributed by atoms with Gasteiger partial charge in [0.1, 0.15) is 5.82 Å². The van der Waals surface area contributed by atoms with Crippen LogP contribution < -0.4 is 5.73 Å². The van der Waals surface area contributed by atoms with E-state index in [-0.39, 0.29) is 18.5 Å². The van der Waals surface area contributed by atoms with Gasteiger partial charge in [0, 0.05) is 0 Å². The van der Waals surface area contributed by atoms with Crippen LogP contribution in [-0.2, 0) is 6.18 Å². The van der Waals surface area contributed by atoms with Crippen molar-refractivity contribution in [3.05, 3.63) is 35.1 Å². The van der Waals surface area contributed by atoms with Crippen LogP contribution in [0.5, 0.6) is 0 Å². The lowest BCUT2D eigenvalue weighted by Crippen LogP contribution is -2.10. The molecule has 1 rings (SSSR count). The van der Waals surface area contributed by atoms with Gasteiger partial charge in [-0.1, -0.05) is 0 Å². The fourth-order valence-electron chi connectivity index (χ4n) is 1.29. The predicted molar refractivity (Wildman–Crippen MR) is 50.0 cm³/mol. The number of halogens is 4. The first-order valence-electron chi connectivity index (χ1n) is 4.60. The number of benzene rings is 1. The summed E-state index contributed by atoms with van der Waals surface area (Å²) in [5.41, 5.74) is 3.93. The zero-order valence-electron chi connectivity index (χ0n) is 8.26. The van der Waals surface area contributed by atoms with Crippen LogP contribution in [0.25, 0.3) is 0 Å². The SMILES string of the molecule is NCC[C@H](O)c1cc(F)cc(C(F)(F)F)c1. The summed E-state index contributed by atoms with van der Waals surface area (Å²) < 4.78 is 49.9. The van der Waals surface area contributed by atoms with Crippen LogP contribution in [0.2, 0.25) is 0 Å². The summed E-state index contributed by atoms with van der Waals surface area (Å²) in [5, 5.41) is 9.42. The van der Waals surface area contributed by atoms with Crippen LogP contribution in [0, 0.1) is 5.82 Å². The molecule has 6 heteroatoms. The molecule has 0 bridgehead atoms. The topological polar surface area (TPSA) is 46.2 Å². The van der Waals surface area contributed by atoms with E-state index in [4.69, 9.17) is 5.73 Å². The number of aliphatic hydroxyl groups excluding tert-OH is 1. The molecule has 3 N–H and O–H groups in total. The minimum atomic E-state index is -4.63. The van der Waals surface area contributed by atoms with E-state index in [9.17, 15) is 22.7 Å². The predicted octanol–water partition coefficient (Wildman–Crippen LogP) is 2.23. The third-order valence-electron chi connectivity index (χ3n) is 2.07. The van der Waals surface area contributed by atoms with Crippen LogP contribution in [0.1, 0.15) is 23.7 Å². The smallest absolute Gasteiger partial charge is 0.388 e. The molecule has 1 aromatic rings. The standard InChI is InChI=1S/C10H11F4NO/c11-8-4-6(9(16)1-2-15)3-7(5-8)10(12,13)14/h3-5,9,16H,1-2,15H2/t9-/m0/s1. The molecule has 0 spiro atoms. The molecule has 0 unspecified atom stereocenters. The minimum Gasteiger partial charge on any atom is -0.388 e. The van der Waals surface area contributed by atoms with Gasteiger partial charge in [0.05, 0.1) is 11.7 Å². The summed E-state index contributed by atoms with van der Waals surface area (Å²) in [5.74, 6) is -1.03. The number of nitrogens with two attached hydrogens (primary N) is 1. The lowest BCUT2D eigenvalue weighted by Gasteiger charge is -2.13. The molecule has 0 heterocycles. The fraction of sp³-hybridized carbons (Fsp3) is 0.400. The Labute approximate surface area is 89.7 Å². The van der Waals surface area contributed by atoms with Gasteiger partial charge in [-0.15, -0.1) is 0 Å². The highest BCUT2D eigenvalue weighted by atomic mass is 19.4. The summed E-state index contributed by atoms with van der Waals surface area (Å²) in [6.45, 7) is 0.110. The first-order chi connectivity index (χ1) is 7.34. The van der Waals surface area contributed by atoms with Gasteiger partial charge < -0.3 is 10.8 Å². The van der Waals surface area contributed by atoms with Crippen molar-refractivity contribution in [1.29, 1.82) is 0 Å². The van der Waals surface area contributed by atoms with Gasteiger partial charge in [0.2, 0.25) is 0 Å². The van der Waals surface area contributed by atoms with Crippen molar-refractivity contribution in [2.24, 2.45) is 5.73 Å². The summed E-state index contributed by atoms with van der Waals surface area (Å²) in [7, 11) is 0. The third-order valence-corrected chi connectivity index (χ3v) is 2.07. The van der Waals surface area contributed by atoms with Gasteiger partial charge >= 0.3 is 6.18 Å². The van der Waals surface area contributed by atoms with E-state index >= 15 is 0 Å². The number of aliphatic hydroxyl groups is 1. The molecule has 0 amide bonds. The lowest BCUT2D eigenvalue weighted by molar-refractivity contribution is -0.137. The molecule has 0 aliphatic heterocycles. The second kappa shape index (κ2) is 4.80. The number of hydrogen-bond donors (Lipinski definition) is 2. The number of alkyl halides is 3. The summed E-state index contributed by atoms with van der Waals surface area (Å²) >= 11 is 0. The Bertz CT molecular complexity index is 364. The molecule has 0 fully saturated rings. The van der Waals surface area contributed by atoms with Crippen molar-refractivity contribution in [3.8, 4) is 0 Å². The molecule has 0 saturated carbocycles. The molecule has 0 aliphatic carbocycles. The maximum atomic E-state index is 12.9. The van der Waals surface area contributed by atoms with E-state index in [2.05, 4.69) is 0 Å². The monoisotopic (exact) mass is 237 g/mol. The van der Waals surface area contributed by atoms with Gasteiger partial charge in [-0.3, -0.25) is 0 Å². The highest BCUT2D eigenvalue weighted by Gasteiger charge is 2.31. The molecule has 90 valence electrons. The molecule has 16 heavy (non-hydrogen) atoms. The largest absolute Gasteiger partial charge is 0.416 e. The van der Waals surface area contributed by atoms with E-state index in [0.717, 1.165) is 12.1 Å². The average Bonchev–Trinajstić information content (AvgIpc) is 2.16. The third kappa shape index (κ3) is 3.18. The van der Waals surface area contributed by atoms with Crippen molar-refractivity contribution in [1.82, 2.24) is 0 Å². The second-order valence-corrected chi connectivity index (χ2v) is 3.36. The van der Waals surface area contributed by atoms with Crippen LogP contribution in [0.15, 0.2) is 18.2 Å². The molecule has 1 aromatic carbocycles. The molecule has 0 saturated heterocycles. The summed E-state index contributed by atoms with van der Waals surface area (Å²) in [4.78, 5) is 0. The minimum absolute atomic E-state index is 0.0841. The van der Waals surface area contributed by atoms with Crippen LogP contribution in [0.3, 0.4) is 0 Å². The first-order valence-corrected chi connectivity index (χ1v) is 4.60. The van der Waals surface area contributed by atoms with Gasteiger partial charge in [-0.2, -0.15) is 13.2 Å². The van der Waals surface area contributed by atoms with Crippen molar-refractivity contribution in [2.75, 3.05) is 6.54 Å². The Balaban J connectivity index is 3.08. The van der Waals surface area contributed by atoms with E-state index in [1.165, 1.54) is 0 Å². The summed E-state index contributed by atoms with van der Waals surface area (Å²) in [6.07, 6.45) is -5.72. The van der Waals surface area contributed by atoms with Crippen molar-refractivity contribution < 1.29 is 22.7 Å². The number of rotatable bonds is 3. The molecule has 0 radical (unpaired) electrons. The highest BCUT2D eigenvalue weighted by molar-refractivity contribution is 5.28. The Morgan fingerprint density at radius 1 is 1.25 bits per heavy atom. The van der Waals surface area contributed by atoms with Gasteiger partial charge in [0.15, 0.2) is 0 Å². The molecule has 1 atom stereocenters. The first kappa shape index (κ1) is 12.9. The van der Waals surface area contributed by atoms with Gasteiger partial charge in [0.25, 0.3) is 0 Å². The van der Waals surface area contributed by atoms with Crippen molar-refractivity contribution in [3.63, 3.8) is 0 Å². The Hall–Kier alpha value is -1.14. The molecular formula is C10H11F4NO. The van der Waals surface area contributed by atoms with Crippen LogP contribution in [-0.4, -0.2) is 11.7 Å². The van der Waals surface area contributed by atoms with E-state index in [0.29, 0.717) is 6.07 Å². The molecule has 0 aliphatic rings. The van der Waals surface area contributed by atoms with E-state index in [1.54, 1.807) is 0 Å². The van der Waals surface area contributed by atoms with Gasteiger partial charge in [-0.05, 0) is 36.7 Å². The van der Waals surface area contributed by atoms with Gasteiger partial charge in [-0.25, -0.2) is 4.39 Å². The number of hydrogen-bond acceptors (Lipinski definition) is 2. The van der Waals surface area contributed by atoms with Crippen molar-refractivity contribution in [2.45, 2.75) is 18.7 Å². The Morgan fingerprint density at radius 3 is 2.38 bits per heavy atom. The highest BCUT2D eigenvalue weighted by Crippen LogP contribution is 2.32. The maximum absolute atomic E-state index is 12.9. The van der Waals surface area contributed by atoms with Crippen LogP contribution >= 0.6 is 0 Å². The fourth-order valence-corrected chi connectivity index (χ4v) is 1.29. The zero-order chi connectivity index (χ0) is 12.3. The normalized spacial score (nSPS) is 13.9. The zero-order valence-corrected chi connectivity index (χ0v) is 8.26. The molecule has 2 nitrogen and oxygen atoms in total. The second-order valence-electron chi connectivity index (χ2n) is 3.36. The lowest BCUT2D eigenvalue weighted by atomic mass is 10.0.